The Morgan fingerprint density at radius 1 is 1.24 bits per heavy atom. The van der Waals surface area contributed by atoms with Crippen molar-refractivity contribution in [1.29, 1.82) is 0 Å². The molecular weight excluding hydrogens is 254 g/mol. The van der Waals surface area contributed by atoms with Crippen LogP contribution in [0.15, 0.2) is 30.5 Å². The highest BCUT2D eigenvalue weighted by Gasteiger charge is 2.00. The highest BCUT2D eigenvalue weighted by atomic mass is 35.5. The van der Waals surface area contributed by atoms with Gasteiger partial charge in [-0.2, -0.15) is 0 Å². The van der Waals surface area contributed by atoms with Gasteiger partial charge in [0.15, 0.2) is 0 Å². The Labute approximate surface area is 110 Å². The maximum atomic E-state index is 5.67. The molecule has 2 heterocycles. The van der Waals surface area contributed by atoms with Crippen LogP contribution in [0, 0.1) is 0 Å². The fourth-order valence-electron chi connectivity index (χ4n) is 1.42. The Bertz CT molecular complexity index is 467. The third kappa shape index (κ3) is 3.45. The van der Waals surface area contributed by atoms with E-state index in [9.17, 15) is 0 Å². The molecule has 0 saturated heterocycles. The molecule has 17 heavy (non-hydrogen) atoms. The minimum atomic E-state index is 0.436. The summed E-state index contributed by atoms with van der Waals surface area (Å²) in [6.07, 6.45) is 2.79. The van der Waals surface area contributed by atoms with Crippen molar-refractivity contribution in [2.24, 2.45) is 0 Å². The molecule has 90 valence electrons. The molecule has 0 amide bonds. The summed E-state index contributed by atoms with van der Waals surface area (Å²) in [4.78, 5) is 6.80. The molecule has 2 rings (SSSR count). The highest BCUT2D eigenvalue weighted by molar-refractivity contribution is 7.11. The van der Waals surface area contributed by atoms with Gasteiger partial charge in [-0.1, -0.05) is 6.92 Å². The molecule has 0 radical (unpaired) electrons. The Balaban J connectivity index is 1.92. The van der Waals surface area contributed by atoms with Gasteiger partial charge in [0.05, 0.1) is 17.8 Å². The molecule has 0 atom stereocenters. The van der Waals surface area contributed by atoms with E-state index in [4.69, 9.17) is 16.3 Å². The predicted molar refractivity (Wildman–Crippen MR) is 71.8 cm³/mol. The van der Waals surface area contributed by atoms with Crippen LogP contribution in [-0.2, 0) is 18.9 Å². The van der Waals surface area contributed by atoms with Crippen molar-refractivity contribution in [3.8, 4) is 5.75 Å². The van der Waals surface area contributed by atoms with Crippen LogP contribution in [-0.4, -0.2) is 4.98 Å². The predicted octanol–water partition coefficient (Wildman–Crippen LogP) is 4.02. The third-order valence-corrected chi connectivity index (χ3v) is 3.86. The fraction of sp³-hybridized carbons (Fsp3) is 0.308. The summed E-state index contributed by atoms with van der Waals surface area (Å²) >= 11 is 7.46. The zero-order chi connectivity index (χ0) is 12.1. The van der Waals surface area contributed by atoms with Crippen LogP contribution in [0.4, 0.5) is 0 Å². The van der Waals surface area contributed by atoms with E-state index in [1.807, 2.05) is 12.1 Å². The smallest absolute Gasteiger partial charge is 0.138 e. The number of nitrogens with zero attached hydrogens (tertiary/aromatic N) is 1. The van der Waals surface area contributed by atoms with Crippen LogP contribution in [0.2, 0.25) is 0 Å². The number of hydrogen-bond acceptors (Lipinski definition) is 3. The van der Waals surface area contributed by atoms with Crippen molar-refractivity contribution < 1.29 is 4.74 Å². The first-order valence-corrected chi connectivity index (χ1v) is 6.88. The number of halogens is 1. The molecular formula is C13H14ClNOS. The van der Waals surface area contributed by atoms with Gasteiger partial charge in [-0.15, -0.1) is 22.9 Å². The monoisotopic (exact) mass is 267 g/mol. The number of aromatic nitrogens is 1. The maximum Gasteiger partial charge on any atom is 0.138 e. The van der Waals surface area contributed by atoms with E-state index in [1.165, 1.54) is 9.75 Å². The summed E-state index contributed by atoms with van der Waals surface area (Å²) in [5, 5.41) is 0. The molecule has 0 aliphatic heterocycles. The summed E-state index contributed by atoms with van der Waals surface area (Å²) < 4.78 is 5.65. The molecule has 0 aliphatic carbocycles. The van der Waals surface area contributed by atoms with Gasteiger partial charge in [0.25, 0.3) is 0 Å². The van der Waals surface area contributed by atoms with E-state index in [0.29, 0.717) is 12.5 Å². The molecule has 2 nitrogen and oxygen atoms in total. The number of aryl methyl sites for hydroxylation is 1. The summed E-state index contributed by atoms with van der Waals surface area (Å²) in [6.45, 7) is 2.76. The number of pyridine rings is 1. The van der Waals surface area contributed by atoms with Gasteiger partial charge in [0.2, 0.25) is 0 Å². The molecule has 0 aromatic carbocycles. The Hall–Kier alpha value is -1.06. The van der Waals surface area contributed by atoms with Crippen molar-refractivity contribution in [1.82, 2.24) is 4.98 Å². The van der Waals surface area contributed by atoms with Crippen molar-refractivity contribution in [3.63, 3.8) is 0 Å². The standard InChI is InChI=1S/C13H14ClNOS/c1-2-12-5-6-13(17-12)9-16-11-4-3-10(7-14)15-8-11/h3-6,8H,2,7,9H2,1H3. The molecule has 0 saturated carbocycles. The maximum absolute atomic E-state index is 5.67. The molecule has 0 unspecified atom stereocenters. The largest absolute Gasteiger partial charge is 0.486 e. The highest BCUT2D eigenvalue weighted by Crippen LogP contribution is 2.19. The number of hydrogen-bond donors (Lipinski definition) is 0. The van der Waals surface area contributed by atoms with Crippen molar-refractivity contribution in [3.05, 3.63) is 45.9 Å². The molecule has 0 spiro atoms. The number of ether oxygens (including phenoxy) is 1. The van der Waals surface area contributed by atoms with Crippen LogP contribution in [0.5, 0.6) is 5.75 Å². The first-order valence-electron chi connectivity index (χ1n) is 5.53. The first kappa shape index (κ1) is 12.4. The molecule has 0 N–H and O–H groups in total. The number of alkyl halides is 1. The van der Waals surface area contributed by atoms with E-state index >= 15 is 0 Å². The summed E-state index contributed by atoms with van der Waals surface area (Å²) in [7, 11) is 0. The number of thiophene rings is 1. The van der Waals surface area contributed by atoms with Crippen LogP contribution in [0.3, 0.4) is 0 Å². The lowest BCUT2D eigenvalue weighted by molar-refractivity contribution is 0.308. The molecule has 0 fully saturated rings. The SMILES string of the molecule is CCc1ccc(COc2ccc(CCl)nc2)s1. The van der Waals surface area contributed by atoms with E-state index in [2.05, 4.69) is 24.0 Å². The summed E-state index contributed by atoms with van der Waals surface area (Å²) in [5.74, 6) is 1.22. The van der Waals surface area contributed by atoms with E-state index in [0.717, 1.165) is 17.9 Å². The quantitative estimate of drug-likeness (QED) is 0.764. The zero-order valence-electron chi connectivity index (χ0n) is 9.65. The van der Waals surface area contributed by atoms with Crippen LogP contribution in [0.25, 0.3) is 0 Å². The minimum Gasteiger partial charge on any atom is -0.486 e. The Morgan fingerprint density at radius 3 is 2.65 bits per heavy atom. The van der Waals surface area contributed by atoms with Gasteiger partial charge in [-0.05, 0) is 30.7 Å². The van der Waals surface area contributed by atoms with Crippen LogP contribution < -0.4 is 4.74 Å². The van der Waals surface area contributed by atoms with Crippen molar-refractivity contribution in [2.45, 2.75) is 25.8 Å². The summed E-state index contributed by atoms with van der Waals surface area (Å²) in [6, 6.07) is 8.05. The van der Waals surface area contributed by atoms with Gasteiger partial charge in [0.1, 0.15) is 12.4 Å². The first-order chi connectivity index (χ1) is 8.31. The van der Waals surface area contributed by atoms with Gasteiger partial charge >= 0.3 is 0 Å². The molecule has 4 heteroatoms. The molecule has 2 aromatic rings. The van der Waals surface area contributed by atoms with Crippen molar-refractivity contribution in [2.75, 3.05) is 0 Å². The lowest BCUT2D eigenvalue weighted by Gasteiger charge is -2.04. The molecule has 0 aliphatic rings. The van der Waals surface area contributed by atoms with Gasteiger partial charge in [0, 0.05) is 9.75 Å². The fourth-order valence-corrected chi connectivity index (χ4v) is 2.45. The normalized spacial score (nSPS) is 10.5. The van der Waals surface area contributed by atoms with Gasteiger partial charge in [-0.3, -0.25) is 4.98 Å². The second-order valence-electron chi connectivity index (χ2n) is 3.63. The summed E-state index contributed by atoms with van der Waals surface area (Å²) in [5.41, 5.74) is 0.864. The van der Waals surface area contributed by atoms with E-state index in [1.54, 1.807) is 17.5 Å². The average molecular weight is 268 g/mol. The number of rotatable bonds is 5. The second kappa shape index (κ2) is 6.03. The molecule has 0 bridgehead atoms. The lowest BCUT2D eigenvalue weighted by atomic mass is 10.3. The average Bonchev–Trinajstić information content (AvgIpc) is 2.85. The lowest BCUT2D eigenvalue weighted by Crippen LogP contribution is -1.94. The van der Waals surface area contributed by atoms with E-state index in [-0.39, 0.29) is 0 Å². The second-order valence-corrected chi connectivity index (χ2v) is 5.15. The minimum absolute atomic E-state index is 0.436. The van der Waals surface area contributed by atoms with Crippen LogP contribution >= 0.6 is 22.9 Å². The third-order valence-electron chi connectivity index (χ3n) is 2.38. The zero-order valence-corrected chi connectivity index (χ0v) is 11.2. The van der Waals surface area contributed by atoms with Gasteiger partial charge in [-0.25, -0.2) is 0 Å². The Morgan fingerprint density at radius 2 is 2.06 bits per heavy atom. The van der Waals surface area contributed by atoms with Gasteiger partial charge < -0.3 is 4.74 Å². The molecule has 2 aromatic heterocycles. The van der Waals surface area contributed by atoms with Crippen molar-refractivity contribution >= 4 is 22.9 Å². The topological polar surface area (TPSA) is 22.1 Å². The van der Waals surface area contributed by atoms with Crippen LogP contribution in [0.1, 0.15) is 22.4 Å². The Kier molecular flexibility index (Phi) is 4.40. The van der Waals surface area contributed by atoms with E-state index < -0.39 is 0 Å².